The molecular formula is C9H17N3O2. The number of carbonyl (C=O) groups excluding carboxylic acids is 1. The number of nitrogens with zero attached hydrogens (tertiary/aromatic N) is 1. The van der Waals surface area contributed by atoms with Crippen LogP contribution in [0, 0.1) is 0 Å². The number of hydrogen-bond acceptors (Lipinski definition) is 4. The Labute approximate surface area is 83.7 Å². The highest BCUT2D eigenvalue weighted by atomic mass is 16.7. The minimum atomic E-state index is -0.150. The largest absolute Gasteiger partial charge is 0.306 e. The molecule has 2 rings (SSSR count). The molecule has 14 heavy (non-hydrogen) atoms. The van der Waals surface area contributed by atoms with Gasteiger partial charge in [0.05, 0.1) is 6.61 Å². The van der Waals surface area contributed by atoms with Crippen LogP contribution in [0.3, 0.4) is 0 Å². The number of carbonyl (C=O) groups is 1. The molecule has 0 saturated carbocycles. The molecule has 1 unspecified atom stereocenters. The van der Waals surface area contributed by atoms with E-state index in [0.717, 1.165) is 25.9 Å². The Balaban J connectivity index is 1.77. The second kappa shape index (κ2) is 4.25. The number of hydrogen-bond donors (Lipinski definition) is 2. The average Bonchev–Trinajstić information content (AvgIpc) is 2.56. The zero-order valence-corrected chi connectivity index (χ0v) is 8.45. The summed E-state index contributed by atoms with van der Waals surface area (Å²) in [5.41, 5.74) is 2.36. The third kappa shape index (κ3) is 2.23. The maximum Gasteiger partial charge on any atom is 0.263 e. The molecule has 0 aromatic heterocycles. The molecule has 0 aromatic carbocycles. The standard InChI is InChI=1S/C9H17N3O2/c1-12-4-2-7(3-5-12)10-8-6-14-11-9(8)13/h7-8,10H,2-6H2,1H3,(H,11,13). The molecule has 5 nitrogen and oxygen atoms in total. The number of rotatable bonds is 2. The maximum absolute atomic E-state index is 11.2. The zero-order valence-electron chi connectivity index (χ0n) is 8.45. The SMILES string of the molecule is CN1CCC(NC2CONC2=O)CC1. The normalized spacial score (nSPS) is 30.6. The lowest BCUT2D eigenvalue weighted by Gasteiger charge is -2.30. The quantitative estimate of drug-likeness (QED) is 0.605. The summed E-state index contributed by atoms with van der Waals surface area (Å²) in [6.45, 7) is 2.66. The minimum Gasteiger partial charge on any atom is -0.306 e. The highest BCUT2D eigenvalue weighted by molar-refractivity contribution is 5.82. The molecule has 2 saturated heterocycles. The topological polar surface area (TPSA) is 53.6 Å². The Morgan fingerprint density at radius 3 is 2.79 bits per heavy atom. The molecule has 0 spiro atoms. The van der Waals surface area contributed by atoms with E-state index in [2.05, 4.69) is 22.7 Å². The summed E-state index contributed by atoms with van der Waals surface area (Å²) in [6.07, 6.45) is 2.22. The third-order valence-electron chi connectivity index (χ3n) is 2.89. The van der Waals surface area contributed by atoms with Crippen LogP contribution in [-0.4, -0.2) is 49.6 Å². The minimum absolute atomic E-state index is 0.0380. The van der Waals surface area contributed by atoms with Gasteiger partial charge in [-0.3, -0.25) is 9.63 Å². The predicted octanol–water partition coefficient (Wildman–Crippen LogP) is -0.900. The molecule has 1 amide bonds. The van der Waals surface area contributed by atoms with Crippen LogP contribution in [0.4, 0.5) is 0 Å². The fourth-order valence-corrected chi connectivity index (χ4v) is 1.93. The van der Waals surface area contributed by atoms with Crippen molar-refractivity contribution in [2.45, 2.75) is 24.9 Å². The van der Waals surface area contributed by atoms with E-state index in [9.17, 15) is 4.79 Å². The summed E-state index contributed by atoms with van der Waals surface area (Å²) in [4.78, 5) is 18.4. The van der Waals surface area contributed by atoms with Crippen LogP contribution in [-0.2, 0) is 9.63 Å². The van der Waals surface area contributed by atoms with Gasteiger partial charge in [-0.2, -0.15) is 0 Å². The number of nitrogens with one attached hydrogen (secondary N) is 2. The van der Waals surface area contributed by atoms with Crippen molar-refractivity contribution < 1.29 is 9.63 Å². The van der Waals surface area contributed by atoms with Crippen molar-refractivity contribution >= 4 is 5.91 Å². The van der Waals surface area contributed by atoms with Crippen LogP contribution >= 0.6 is 0 Å². The lowest BCUT2D eigenvalue weighted by molar-refractivity contribution is -0.125. The van der Waals surface area contributed by atoms with E-state index in [1.165, 1.54) is 0 Å². The van der Waals surface area contributed by atoms with E-state index in [4.69, 9.17) is 4.84 Å². The summed E-state index contributed by atoms with van der Waals surface area (Å²) < 4.78 is 0. The van der Waals surface area contributed by atoms with Gasteiger partial charge in [0, 0.05) is 6.04 Å². The molecule has 2 heterocycles. The second-order valence-corrected chi connectivity index (χ2v) is 4.07. The highest BCUT2D eigenvalue weighted by Crippen LogP contribution is 2.09. The first-order chi connectivity index (χ1) is 6.75. The van der Waals surface area contributed by atoms with E-state index in [1.54, 1.807) is 0 Å². The average molecular weight is 199 g/mol. The van der Waals surface area contributed by atoms with E-state index in [0.29, 0.717) is 12.6 Å². The maximum atomic E-state index is 11.2. The Kier molecular flexibility index (Phi) is 3.00. The van der Waals surface area contributed by atoms with Gasteiger partial charge in [0.2, 0.25) is 0 Å². The fraction of sp³-hybridized carbons (Fsp3) is 0.889. The molecule has 2 aliphatic heterocycles. The zero-order chi connectivity index (χ0) is 9.97. The third-order valence-corrected chi connectivity index (χ3v) is 2.89. The number of hydroxylamine groups is 1. The van der Waals surface area contributed by atoms with Crippen LogP contribution in [0.15, 0.2) is 0 Å². The first-order valence-corrected chi connectivity index (χ1v) is 5.12. The number of amides is 1. The van der Waals surface area contributed by atoms with E-state index in [1.807, 2.05) is 0 Å². The van der Waals surface area contributed by atoms with Crippen molar-refractivity contribution in [1.29, 1.82) is 0 Å². The van der Waals surface area contributed by atoms with Gasteiger partial charge in [-0.05, 0) is 33.0 Å². The molecule has 5 heteroatoms. The van der Waals surface area contributed by atoms with E-state index < -0.39 is 0 Å². The number of piperidine rings is 1. The summed E-state index contributed by atoms with van der Waals surface area (Å²) >= 11 is 0. The molecule has 0 aliphatic carbocycles. The van der Waals surface area contributed by atoms with Crippen molar-refractivity contribution in [2.24, 2.45) is 0 Å². The van der Waals surface area contributed by atoms with Crippen molar-refractivity contribution in [1.82, 2.24) is 15.7 Å². The first-order valence-electron chi connectivity index (χ1n) is 5.12. The Morgan fingerprint density at radius 2 is 2.21 bits per heavy atom. The predicted molar refractivity (Wildman–Crippen MR) is 51.5 cm³/mol. The van der Waals surface area contributed by atoms with E-state index in [-0.39, 0.29) is 11.9 Å². The molecule has 0 radical (unpaired) electrons. The van der Waals surface area contributed by atoms with Crippen LogP contribution in [0.5, 0.6) is 0 Å². The monoisotopic (exact) mass is 199 g/mol. The summed E-state index contributed by atoms with van der Waals surface area (Å²) in [5.74, 6) is -0.0380. The van der Waals surface area contributed by atoms with Crippen LogP contribution in [0.1, 0.15) is 12.8 Å². The van der Waals surface area contributed by atoms with E-state index >= 15 is 0 Å². The van der Waals surface area contributed by atoms with Gasteiger partial charge in [-0.25, -0.2) is 5.48 Å². The van der Waals surface area contributed by atoms with Crippen molar-refractivity contribution in [2.75, 3.05) is 26.7 Å². The van der Waals surface area contributed by atoms with Gasteiger partial charge in [0.1, 0.15) is 6.04 Å². The van der Waals surface area contributed by atoms with Crippen LogP contribution < -0.4 is 10.8 Å². The van der Waals surface area contributed by atoms with Crippen molar-refractivity contribution in [3.8, 4) is 0 Å². The molecular weight excluding hydrogens is 182 g/mol. The molecule has 2 N–H and O–H groups in total. The van der Waals surface area contributed by atoms with Crippen molar-refractivity contribution in [3.63, 3.8) is 0 Å². The lowest BCUT2D eigenvalue weighted by atomic mass is 10.0. The van der Waals surface area contributed by atoms with Gasteiger partial charge in [-0.15, -0.1) is 0 Å². The second-order valence-electron chi connectivity index (χ2n) is 4.07. The van der Waals surface area contributed by atoms with Gasteiger partial charge in [0.25, 0.3) is 5.91 Å². The summed E-state index contributed by atoms with van der Waals surface area (Å²) in [7, 11) is 2.13. The van der Waals surface area contributed by atoms with Gasteiger partial charge in [-0.1, -0.05) is 0 Å². The molecule has 2 aliphatic rings. The van der Waals surface area contributed by atoms with Crippen molar-refractivity contribution in [3.05, 3.63) is 0 Å². The van der Waals surface area contributed by atoms with Gasteiger partial charge < -0.3 is 10.2 Å². The molecule has 1 atom stereocenters. The van der Waals surface area contributed by atoms with Gasteiger partial charge in [0.15, 0.2) is 0 Å². The number of likely N-dealkylation sites (tertiary alicyclic amines) is 1. The Bertz CT molecular complexity index is 214. The lowest BCUT2D eigenvalue weighted by Crippen LogP contribution is -2.48. The van der Waals surface area contributed by atoms with Crippen LogP contribution in [0.25, 0.3) is 0 Å². The summed E-state index contributed by atoms with van der Waals surface area (Å²) in [6, 6.07) is 0.312. The first kappa shape index (κ1) is 9.89. The molecule has 2 fully saturated rings. The van der Waals surface area contributed by atoms with Crippen LogP contribution in [0.2, 0.25) is 0 Å². The molecule has 80 valence electrons. The van der Waals surface area contributed by atoms with Gasteiger partial charge >= 0.3 is 0 Å². The summed E-state index contributed by atoms with van der Waals surface area (Å²) in [5, 5.41) is 3.32. The molecule has 0 aromatic rings. The Hall–Kier alpha value is -0.650. The Morgan fingerprint density at radius 1 is 1.50 bits per heavy atom. The highest BCUT2D eigenvalue weighted by Gasteiger charge is 2.28. The fourth-order valence-electron chi connectivity index (χ4n) is 1.93. The smallest absolute Gasteiger partial charge is 0.263 e. The molecule has 0 bridgehead atoms.